The maximum absolute atomic E-state index is 12.0. The lowest BCUT2D eigenvalue weighted by atomic mass is 10.1. The molecule has 5 nitrogen and oxygen atoms in total. The van der Waals surface area contributed by atoms with E-state index < -0.39 is 11.8 Å². The van der Waals surface area contributed by atoms with Crippen LogP contribution in [0.1, 0.15) is 36.7 Å². The molecule has 0 aliphatic heterocycles. The average Bonchev–Trinajstić information content (AvgIpc) is 2.54. The number of pyridine rings is 1. The number of anilines is 1. The zero-order chi connectivity index (χ0) is 16.8. The van der Waals surface area contributed by atoms with Crippen molar-refractivity contribution in [1.82, 2.24) is 10.3 Å². The highest BCUT2D eigenvalue weighted by Crippen LogP contribution is 2.13. The summed E-state index contributed by atoms with van der Waals surface area (Å²) in [7, 11) is 0. The molecule has 2 amide bonds. The van der Waals surface area contributed by atoms with Gasteiger partial charge in [0.1, 0.15) is 5.82 Å². The summed E-state index contributed by atoms with van der Waals surface area (Å²) >= 11 is 0. The van der Waals surface area contributed by atoms with E-state index in [0.29, 0.717) is 5.82 Å². The molecule has 0 bridgehead atoms. The largest absolute Gasteiger partial charge is 0.341 e. The number of carbonyl (C=O) groups is 2. The zero-order valence-corrected chi connectivity index (χ0v) is 13.6. The third-order valence-corrected chi connectivity index (χ3v) is 3.57. The number of rotatable bonds is 4. The summed E-state index contributed by atoms with van der Waals surface area (Å²) in [6.45, 7) is 5.75. The molecule has 5 heteroatoms. The van der Waals surface area contributed by atoms with Crippen LogP contribution >= 0.6 is 0 Å². The minimum atomic E-state index is -0.722. The van der Waals surface area contributed by atoms with Crippen LogP contribution in [0.15, 0.2) is 42.5 Å². The monoisotopic (exact) mass is 311 g/mol. The maximum Gasteiger partial charge on any atom is 0.314 e. The molecule has 1 aromatic carbocycles. The predicted octanol–water partition coefficient (Wildman–Crippen LogP) is 2.77. The third kappa shape index (κ3) is 4.64. The second-order valence-electron chi connectivity index (χ2n) is 5.41. The molecule has 0 aliphatic carbocycles. The molecule has 1 atom stereocenters. The highest BCUT2D eigenvalue weighted by Gasteiger charge is 2.17. The van der Waals surface area contributed by atoms with E-state index in [1.165, 1.54) is 5.56 Å². The van der Waals surface area contributed by atoms with Crippen LogP contribution in [0.3, 0.4) is 0 Å². The average molecular weight is 311 g/mol. The molecule has 0 spiro atoms. The zero-order valence-electron chi connectivity index (χ0n) is 13.6. The number of hydrogen-bond acceptors (Lipinski definition) is 3. The van der Waals surface area contributed by atoms with E-state index >= 15 is 0 Å². The Labute approximate surface area is 136 Å². The minimum Gasteiger partial charge on any atom is -0.341 e. The first-order chi connectivity index (χ1) is 11.0. The summed E-state index contributed by atoms with van der Waals surface area (Å²) in [5, 5.41) is 5.19. The van der Waals surface area contributed by atoms with Crippen LogP contribution in [0.4, 0.5) is 5.82 Å². The van der Waals surface area contributed by atoms with Crippen LogP contribution < -0.4 is 10.6 Å². The summed E-state index contributed by atoms with van der Waals surface area (Å²) < 4.78 is 0. The van der Waals surface area contributed by atoms with Crippen molar-refractivity contribution in [1.29, 1.82) is 0 Å². The Morgan fingerprint density at radius 1 is 1.09 bits per heavy atom. The molecule has 0 saturated heterocycles. The molecule has 2 rings (SSSR count). The summed E-state index contributed by atoms with van der Waals surface area (Å²) in [6.07, 6.45) is 0.965. The fourth-order valence-corrected chi connectivity index (χ4v) is 2.17. The maximum atomic E-state index is 12.0. The van der Waals surface area contributed by atoms with Crippen molar-refractivity contribution in [3.05, 3.63) is 59.3 Å². The molecule has 2 N–H and O–H groups in total. The Kier molecular flexibility index (Phi) is 5.46. The van der Waals surface area contributed by atoms with Gasteiger partial charge in [-0.15, -0.1) is 0 Å². The molecular weight excluding hydrogens is 290 g/mol. The van der Waals surface area contributed by atoms with Crippen molar-refractivity contribution in [2.45, 2.75) is 33.2 Å². The Morgan fingerprint density at radius 3 is 2.39 bits per heavy atom. The van der Waals surface area contributed by atoms with E-state index in [4.69, 9.17) is 0 Å². The number of nitrogens with zero attached hydrogens (tertiary/aromatic N) is 1. The molecule has 2 aromatic rings. The van der Waals surface area contributed by atoms with Crippen molar-refractivity contribution in [3.8, 4) is 0 Å². The van der Waals surface area contributed by atoms with Crippen molar-refractivity contribution in [2.24, 2.45) is 0 Å². The first-order valence-electron chi connectivity index (χ1n) is 7.64. The Balaban J connectivity index is 1.95. The van der Waals surface area contributed by atoms with Crippen LogP contribution in [-0.2, 0) is 16.0 Å². The molecule has 0 fully saturated rings. The molecule has 1 aromatic heterocycles. The Morgan fingerprint density at radius 2 is 1.78 bits per heavy atom. The van der Waals surface area contributed by atoms with Crippen LogP contribution in [0.2, 0.25) is 0 Å². The number of amides is 2. The lowest BCUT2D eigenvalue weighted by Gasteiger charge is -2.14. The molecule has 0 radical (unpaired) electrons. The normalized spacial score (nSPS) is 11.6. The van der Waals surface area contributed by atoms with Gasteiger partial charge < -0.3 is 10.6 Å². The summed E-state index contributed by atoms with van der Waals surface area (Å²) in [4.78, 5) is 28.1. The van der Waals surface area contributed by atoms with Gasteiger partial charge in [-0.1, -0.05) is 37.3 Å². The topological polar surface area (TPSA) is 71.1 Å². The predicted molar refractivity (Wildman–Crippen MR) is 90.0 cm³/mol. The van der Waals surface area contributed by atoms with Gasteiger partial charge in [-0.05, 0) is 43.5 Å². The first kappa shape index (κ1) is 16.7. The summed E-state index contributed by atoms with van der Waals surface area (Å²) in [6, 6.07) is 13.0. The van der Waals surface area contributed by atoms with E-state index in [1.54, 1.807) is 12.1 Å². The van der Waals surface area contributed by atoms with Crippen molar-refractivity contribution in [2.75, 3.05) is 5.32 Å². The summed E-state index contributed by atoms with van der Waals surface area (Å²) in [5.74, 6) is -1.04. The molecule has 0 saturated carbocycles. The van der Waals surface area contributed by atoms with Crippen LogP contribution in [0.5, 0.6) is 0 Å². The van der Waals surface area contributed by atoms with E-state index in [-0.39, 0.29) is 6.04 Å². The molecule has 1 heterocycles. The van der Waals surface area contributed by atoms with Gasteiger partial charge in [-0.2, -0.15) is 0 Å². The highest BCUT2D eigenvalue weighted by molar-refractivity contribution is 6.39. The van der Waals surface area contributed by atoms with Crippen molar-refractivity contribution in [3.63, 3.8) is 0 Å². The Bertz CT molecular complexity index is 696. The quantitative estimate of drug-likeness (QED) is 0.853. The smallest absolute Gasteiger partial charge is 0.314 e. The molecule has 0 aliphatic rings. The lowest BCUT2D eigenvalue weighted by Crippen LogP contribution is -2.37. The lowest BCUT2D eigenvalue weighted by molar-refractivity contribution is -0.136. The highest BCUT2D eigenvalue weighted by atomic mass is 16.2. The number of carbonyl (C=O) groups excluding carboxylic acids is 2. The molecular formula is C18H21N3O2. The van der Waals surface area contributed by atoms with Gasteiger partial charge in [0.05, 0.1) is 6.04 Å². The number of aryl methyl sites for hydroxylation is 2. The van der Waals surface area contributed by atoms with Crippen LogP contribution in [-0.4, -0.2) is 16.8 Å². The first-order valence-corrected chi connectivity index (χ1v) is 7.64. The van der Waals surface area contributed by atoms with Gasteiger partial charge in [0.2, 0.25) is 0 Å². The van der Waals surface area contributed by atoms with Gasteiger partial charge in [-0.25, -0.2) is 4.98 Å². The second kappa shape index (κ2) is 7.54. The van der Waals surface area contributed by atoms with Gasteiger partial charge >= 0.3 is 11.8 Å². The van der Waals surface area contributed by atoms with Crippen molar-refractivity contribution >= 4 is 17.6 Å². The fraction of sp³-hybridized carbons (Fsp3) is 0.278. The van der Waals surface area contributed by atoms with E-state index in [9.17, 15) is 9.59 Å². The van der Waals surface area contributed by atoms with Gasteiger partial charge in [0, 0.05) is 5.69 Å². The van der Waals surface area contributed by atoms with E-state index in [1.807, 2.05) is 44.2 Å². The van der Waals surface area contributed by atoms with Crippen LogP contribution in [0.25, 0.3) is 0 Å². The molecule has 23 heavy (non-hydrogen) atoms. The van der Waals surface area contributed by atoms with E-state index in [0.717, 1.165) is 17.7 Å². The summed E-state index contributed by atoms with van der Waals surface area (Å²) in [5.41, 5.74) is 2.96. The van der Waals surface area contributed by atoms with Crippen LogP contribution in [0, 0.1) is 6.92 Å². The van der Waals surface area contributed by atoms with E-state index in [2.05, 4.69) is 22.5 Å². The second-order valence-corrected chi connectivity index (χ2v) is 5.41. The SMILES string of the molecule is CCc1ccc(C(C)NC(=O)C(=O)Nc2cccc(C)n2)cc1. The van der Waals surface area contributed by atoms with Crippen molar-refractivity contribution < 1.29 is 9.59 Å². The molecule has 1 unspecified atom stereocenters. The minimum absolute atomic E-state index is 0.246. The number of hydrogen-bond donors (Lipinski definition) is 2. The molecule has 120 valence electrons. The van der Waals surface area contributed by atoms with Gasteiger partial charge in [-0.3, -0.25) is 9.59 Å². The Hall–Kier alpha value is -2.69. The fourth-order valence-electron chi connectivity index (χ4n) is 2.17. The van der Waals surface area contributed by atoms with Gasteiger partial charge in [0.25, 0.3) is 0 Å². The number of nitrogens with one attached hydrogen (secondary N) is 2. The number of aromatic nitrogens is 1. The third-order valence-electron chi connectivity index (χ3n) is 3.57. The standard InChI is InChI=1S/C18H21N3O2/c1-4-14-8-10-15(11-9-14)13(3)20-17(22)18(23)21-16-7-5-6-12(2)19-16/h5-11,13H,4H2,1-3H3,(H,20,22)(H,19,21,23). The van der Waals surface area contributed by atoms with Gasteiger partial charge in [0.15, 0.2) is 0 Å². The number of benzene rings is 1.